The molecule has 0 aliphatic carbocycles. The van der Waals surface area contributed by atoms with E-state index in [-0.39, 0.29) is 11.8 Å². The van der Waals surface area contributed by atoms with Crippen molar-refractivity contribution in [3.63, 3.8) is 0 Å². The van der Waals surface area contributed by atoms with E-state index in [4.69, 9.17) is 4.74 Å². The highest BCUT2D eigenvalue weighted by Crippen LogP contribution is 2.14. The molecule has 150 valence electrons. The van der Waals surface area contributed by atoms with Crippen LogP contribution in [0.2, 0.25) is 0 Å². The van der Waals surface area contributed by atoms with Crippen molar-refractivity contribution in [3.05, 3.63) is 65.5 Å². The van der Waals surface area contributed by atoms with Crippen LogP contribution in [0.15, 0.2) is 48.5 Å². The average Bonchev–Trinajstić information content (AvgIpc) is 2.95. The summed E-state index contributed by atoms with van der Waals surface area (Å²) < 4.78 is 24.3. The maximum absolute atomic E-state index is 13.9. The molecule has 0 N–H and O–H groups in total. The highest BCUT2D eigenvalue weighted by molar-refractivity contribution is 5.89. The number of carbonyl (C=O) groups is 1. The second-order valence-electron chi connectivity index (χ2n) is 6.93. The molecule has 0 amide bonds. The van der Waals surface area contributed by atoms with Crippen molar-refractivity contribution in [2.24, 2.45) is 0 Å². The maximum atomic E-state index is 13.9. The summed E-state index contributed by atoms with van der Waals surface area (Å²) in [5, 5.41) is 0. The van der Waals surface area contributed by atoms with E-state index in [0.717, 1.165) is 50.5 Å². The fourth-order valence-corrected chi connectivity index (χ4v) is 3.37. The van der Waals surface area contributed by atoms with Gasteiger partial charge in [0.2, 0.25) is 0 Å². The zero-order valence-electron chi connectivity index (χ0n) is 16.3. The fraction of sp³-hybridized carbons (Fsp3) is 0.409. The molecule has 2 aromatic carbocycles. The molecule has 0 saturated carbocycles. The summed E-state index contributed by atoms with van der Waals surface area (Å²) in [6, 6.07) is 14.0. The van der Waals surface area contributed by atoms with E-state index in [1.807, 2.05) is 12.1 Å². The van der Waals surface area contributed by atoms with Crippen LogP contribution in [0, 0.1) is 5.82 Å². The first-order valence-electron chi connectivity index (χ1n) is 9.65. The van der Waals surface area contributed by atoms with Gasteiger partial charge in [-0.05, 0) is 49.8 Å². The smallest absolute Gasteiger partial charge is 0.337 e. The van der Waals surface area contributed by atoms with Crippen LogP contribution >= 0.6 is 0 Å². The quantitative estimate of drug-likeness (QED) is 0.684. The van der Waals surface area contributed by atoms with E-state index < -0.39 is 0 Å². The predicted molar refractivity (Wildman–Crippen MR) is 106 cm³/mol. The molecule has 6 heteroatoms. The molecule has 0 atom stereocenters. The molecular weight excluding hydrogens is 359 g/mol. The number of methoxy groups -OCH3 is 1. The third-order valence-electron chi connectivity index (χ3n) is 4.98. The van der Waals surface area contributed by atoms with Crippen LogP contribution in [0.25, 0.3) is 0 Å². The number of hydrogen-bond donors (Lipinski definition) is 0. The Balaban J connectivity index is 1.41. The maximum Gasteiger partial charge on any atom is 0.337 e. The zero-order chi connectivity index (χ0) is 19.8. The molecule has 0 spiro atoms. The molecule has 1 fully saturated rings. The topological polar surface area (TPSA) is 42.0 Å². The molecule has 1 heterocycles. The van der Waals surface area contributed by atoms with Crippen molar-refractivity contribution in [2.75, 3.05) is 46.4 Å². The Hall–Kier alpha value is -2.44. The minimum Gasteiger partial charge on any atom is -0.492 e. The monoisotopic (exact) mass is 386 g/mol. The van der Waals surface area contributed by atoms with Gasteiger partial charge in [-0.3, -0.25) is 9.80 Å². The van der Waals surface area contributed by atoms with Crippen molar-refractivity contribution in [3.8, 4) is 5.75 Å². The molecule has 28 heavy (non-hydrogen) atoms. The minimum atomic E-state index is -0.351. The van der Waals surface area contributed by atoms with Crippen LogP contribution in [-0.2, 0) is 11.3 Å². The van der Waals surface area contributed by atoms with E-state index >= 15 is 0 Å². The Morgan fingerprint density at radius 3 is 2.46 bits per heavy atom. The number of esters is 1. The van der Waals surface area contributed by atoms with Crippen LogP contribution in [0.3, 0.4) is 0 Å². The fourth-order valence-electron chi connectivity index (χ4n) is 3.37. The molecule has 0 unspecified atom stereocenters. The molecule has 3 rings (SSSR count). The van der Waals surface area contributed by atoms with Crippen molar-refractivity contribution in [2.45, 2.75) is 13.0 Å². The Kier molecular flexibility index (Phi) is 7.39. The molecule has 0 bridgehead atoms. The second kappa shape index (κ2) is 10.2. The van der Waals surface area contributed by atoms with Gasteiger partial charge < -0.3 is 9.47 Å². The van der Waals surface area contributed by atoms with E-state index in [1.54, 1.807) is 30.3 Å². The van der Waals surface area contributed by atoms with E-state index in [0.29, 0.717) is 18.7 Å². The number of ether oxygens (including phenoxy) is 2. The largest absolute Gasteiger partial charge is 0.492 e. The summed E-state index contributed by atoms with van der Waals surface area (Å²) in [6.07, 6.45) is 1.06. The van der Waals surface area contributed by atoms with Crippen LogP contribution in [0.1, 0.15) is 22.3 Å². The van der Waals surface area contributed by atoms with Crippen molar-refractivity contribution < 1.29 is 18.7 Å². The van der Waals surface area contributed by atoms with E-state index in [9.17, 15) is 9.18 Å². The zero-order valence-corrected chi connectivity index (χ0v) is 16.3. The Labute approximate surface area is 165 Å². The molecule has 1 aliphatic rings. The third kappa shape index (κ3) is 5.78. The molecule has 5 nitrogen and oxygen atoms in total. The number of benzene rings is 2. The van der Waals surface area contributed by atoms with Gasteiger partial charge >= 0.3 is 5.97 Å². The summed E-state index contributed by atoms with van der Waals surface area (Å²) in [5.74, 6) is 0.259. The van der Waals surface area contributed by atoms with Crippen molar-refractivity contribution >= 4 is 5.97 Å². The predicted octanol–water partition coefficient (Wildman–Crippen LogP) is 3.20. The van der Waals surface area contributed by atoms with Gasteiger partial charge in [0, 0.05) is 31.7 Å². The molecule has 1 saturated heterocycles. The van der Waals surface area contributed by atoms with E-state index in [1.165, 1.54) is 13.2 Å². The van der Waals surface area contributed by atoms with Gasteiger partial charge in [-0.15, -0.1) is 0 Å². The van der Waals surface area contributed by atoms with Crippen LogP contribution in [0.4, 0.5) is 4.39 Å². The first kappa shape index (κ1) is 20.3. The van der Waals surface area contributed by atoms with Gasteiger partial charge in [-0.1, -0.05) is 18.2 Å². The lowest BCUT2D eigenvalue weighted by Gasteiger charge is -2.22. The number of halogens is 1. The van der Waals surface area contributed by atoms with Crippen molar-refractivity contribution in [1.82, 2.24) is 9.80 Å². The number of rotatable bonds is 7. The standard InChI is InChI=1S/C22H27FN2O3/c1-27-22(26)18-7-9-20(10-8-18)28-16-15-24-11-4-12-25(14-13-24)17-19-5-2-3-6-21(19)23/h2-3,5-10H,4,11-17H2,1H3. The van der Waals surface area contributed by atoms with Crippen LogP contribution < -0.4 is 4.74 Å². The van der Waals surface area contributed by atoms with Crippen LogP contribution in [-0.4, -0.2) is 62.2 Å². The van der Waals surface area contributed by atoms with Crippen LogP contribution in [0.5, 0.6) is 5.75 Å². The summed E-state index contributed by atoms with van der Waals surface area (Å²) in [5.41, 5.74) is 1.27. The van der Waals surface area contributed by atoms with Gasteiger partial charge in [0.25, 0.3) is 0 Å². The molecule has 0 aromatic heterocycles. The number of nitrogens with zero attached hydrogens (tertiary/aromatic N) is 2. The van der Waals surface area contributed by atoms with Gasteiger partial charge in [-0.2, -0.15) is 0 Å². The lowest BCUT2D eigenvalue weighted by Crippen LogP contribution is -2.33. The SMILES string of the molecule is COC(=O)c1ccc(OCCN2CCCN(Cc3ccccc3F)CC2)cc1. The second-order valence-corrected chi connectivity index (χ2v) is 6.93. The molecule has 2 aromatic rings. The Bertz CT molecular complexity index is 767. The van der Waals surface area contributed by atoms with Gasteiger partial charge in [0.05, 0.1) is 12.7 Å². The Morgan fingerprint density at radius 2 is 1.71 bits per heavy atom. The Morgan fingerprint density at radius 1 is 1.00 bits per heavy atom. The molecular formula is C22H27FN2O3. The highest BCUT2D eigenvalue weighted by atomic mass is 19.1. The molecule has 1 aliphatic heterocycles. The summed E-state index contributed by atoms with van der Waals surface area (Å²) >= 11 is 0. The third-order valence-corrected chi connectivity index (χ3v) is 4.98. The summed E-state index contributed by atoms with van der Waals surface area (Å²) in [6.45, 7) is 5.93. The highest BCUT2D eigenvalue weighted by Gasteiger charge is 2.16. The van der Waals surface area contributed by atoms with E-state index in [2.05, 4.69) is 14.5 Å². The van der Waals surface area contributed by atoms with Gasteiger partial charge in [-0.25, -0.2) is 9.18 Å². The van der Waals surface area contributed by atoms with Crippen molar-refractivity contribution in [1.29, 1.82) is 0 Å². The van der Waals surface area contributed by atoms with Gasteiger partial charge in [0.1, 0.15) is 18.2 Å². The minimum absolute atomic E-state index is 0.129. The lowest BCUT2D eigenvalue weighted by atomic mass is 10.2. The normalized spacial score (nSPS) is 15.8. The summed E-state index contributed by atoms with van der Waals surface area (Å²) in [4.78, 5) is 16.1. The first-order chi connectivity index (χ1) is 13.7. The number of hydrogen-bond acceptors (Lipinski definition) is 5. The van der Waals surface area contributed by atoms with Gasteiger partial charge in [0.15, 0.2) is 0 Å². The first-order valence-corrected chi connectivity index (χ1v) is 9.65. The average molecular weight is 386 g/mol. The molecule has 0 radical (unpaired) electrons. The summed E-state index contributed by atoms with van der Waals surface area (Å²) in [7, 11) is 1.37. The number of carbonyl (C=O) groups excluding carboxylic acids is 1. The lowest BCUT2D eigenvalue weighted by molar-refractivity contribution is 0.0600.